The fourth-order valence-corrected chi connectivity index (χ4v) is 3.97. The molecule has 4 aromatic rings. The number of carbonyl (C=O) groups is 1. The summed E-state index contributed by atoms with van der Waals surface area (Å²) in [6.07, 6.45) is 3.14. The zero-order valence-corrected chi connectivity index (χ0v) is 16.5. The van der Waals surface area contributed by atoms with Crippen molar-refractivity contribution in [3.63, 3.8) is 0 Å². The van der Waals surface area contributed by atoms with E-state index in [0.29, 0.717) is 5.56 Å². The molecule has 0 aliphatic heterocycles. The van der Waals surface area contributed by atoms with E-state index in [4.69, 9.17) is 5.73 Å². The van der Waals surface area contributed by atoms with Gasteiger partial charge in [0.1, 0.15) is 0 Å². The minimum atomic E-state index is -0.400. The van der Waals surface area contributed by atoms with Crippen molar-refractivity contribution >= 4 is 27.7 Å². The molecule has 28 heavy (non-hydrogen) atoms. The molecule has 2 N–H and O–H groups in total. The van der Waals surface area contributed by atoms with E-state index in [0.717, 1.165) is 47.6 Å². The molecule has 0 fully saturated rings. The van der Waals surface area contributed by atoms with Crippen LogP contribution in [0.1, 0.15) is 47.3 Å². The first-order valence-electron chi connectivity index (χ1n) is 9.95. The number of primary amides is 1. The Morgan fingerprint density at radius 3 is 2.43 bits per heavy atom. The minimum Gasteiger partial charge on any atom is -0.366 e. The SMILES string of the molecule is CCCc1c[c]c2c3c(C(N)=O)cccc3n(Cc3ccc(CC)cc3)c2c1. The highest BCUT2D eigenvalue weighted by Crippen LogP contribution is 2.33. The molecule has 3 heteroatoms. The molecule has 0 aliphatic carbocycles. The number of aryl methyl sites for hydroxylation is 2. The topological polar surface area (TPSA) is 48.0 Å². The van der Waals surface area contributed by atoms with E-state index in [1.807, 2.05) is 12.1 Å². The zero-order chi connectivity index (χ0) is 19.7. The van der Waals surface area contributed by atoms with Gasteiger partial charge in [-0.1, -0.05) is 56.7 Å². The third-order valence-corrected chi connectivity index (χ3v) is 5.43. The Balaban J connectivity index is 1.96. The number of fused-ring (bicyclic) bond motifs is 3. The normalized spacial score (nSPS) is 11.4. The third-order valence-electron chi connectivity index (χ3n) is 5.43. The summed E-state index contributed by atoms with van der Waals surface area (Å²) in [5, 5.41) is 1.87. The average Bonchev–Trinajstić information content (AvgIpc) is 3.02. The predicted molar refractivity (Wildman–Crippen MR) is 116 cm³/mol. The third kappa shape index (κ3) is 3.18. The molecule has 3 aromatic carbocycles. The molecule has 141 valence electrons. The molecule has 1 amide bonds. The van der Waals surface area contributed by atoms with Crippen molar-refractivity contribution in [2.75, 3.05) is 0 Å². The number of carbonyl (C=O) groups excluding carboxylic acids is 1. The van der Waals surface area contributed by atoms with Crippen molar-refractivity contribution in [3.05, 3.63) is 82.9 Å². The number of amides is 1. The van der Waals surface area contributed by atoms with Crippen LogP contribution >= 0.6 is 0 Å². The second kappa shape index (κ2) is 7.51. The summed E-state index contributed by atoms with van der Waals surface area (Å²) in [6, 6.07) is 22.2. The van der Waals surface area contributed by atoms with Crippen molar-refractivity contribution in [1.29, 1.82) is 0 Å². The molecule has 0 saturated carbocycles. The number of hydrogen-bond acceptors (Lipinski definition) is 1. The number of nitrogens with two attached hydrogens (primary N) is 1. The van der Waals surface area contributed by atoms with Crippen LogP contribution in [-0.4, -0.2) is 10.5 Å². The number of benzene rings is 3. The van der Waals surface area contributed by atoms with Crippen LogP contribution in [-0.2, 0) is 19.4 Å². The second-order valence-electron chi connectivity index (χ2n) is 7.34. The Morgan fingerprint density at radius 2 is 1.75 bits per heavy atom. The quantitative estimate of drug-likeness (QED) is 0.495. The summed E-state index contributed by atoms with van der Waals surface area (Å²) >= 11 is 0. The molecule has 3 nitrogen and oxygen atoms in total. The van der Waals surface area contributed by atoms with E-state index in [1.165, 1.54) is 16.7 Å². The monoisotopic (exact) mass is 369 g/mol. The molecular formula is C25H25N2O. The van der Waals surface area contributed by atoms with Crippen LogP contribution in [0, 0.1) is 6.07 Å². The summed E-state index contributed by atoms with van der Waals surface area (Å²) in [4.78, 5) is 12.1. The van der Waals surface area contributed by atoms with Gasteiger partial charge in [0.15, 0.2) is 0 Å². The molecule has 0 unspecified atom stereocenters. The first-order chi connectivity index (χ1) is 13.6. The van der Waals surface area contributed by atoms with Crippen LogP contribution in [0.25, 0.3) is 21.8 Å². The molecule has 0 bridgehead atoms. The Hall–Kier alpha value is -3.07. The molecular weight excluding hydrogens is 344 g/mol. The Morgan fingerprint density at radius 1 is 1.00 bits per heavy atom. The lowest BCUT2D eigenvalue weighted by Crippen LogP contribution is -2.11. The van der Waals surface area contributed by atoms with E-state index < -0.39 is 5.91 Å². The maximum Gasteiger partial charge on any atom is 0.249 e. The number of aromatic nitrogens is 1. The fourth-order valence-electron chi connectivity index (χ4n) is 3.97. The molecule has 1 heterocycles. The first kappa shape index (κ1) is 18.3. The first-order valence-corrected chi connectivity index (χ1v) is 9.95. The lowest BCUT2D eigenvalue weighted by atomic mass is 10.0. The van der Waals surface area contributed by atoms with Gasteiger partial charge in [-0.15, -0.1) is 0 Å². The van der Waals surface area contributed by atoms with Crippen LogP contribution in [0.4, 0.5) is 0 Å². The van der Waals surface area contributed by atoms with Gasteiger partial charge < -0.3 is 10.3 Å². The van der Waals surface area contributed by atoms with Gasteiger partial charge >= 0.3 is 0 Å². The van der Waals surface area contributed by atoms with E-state index >= 15 is 0 Å². The smallest absolute Gasteiger partial charge is 0.249 e. The molecule has 0 spiro atoms. The predicted octanol–water partition coefficient (Wildman–Crippen LogP) is 5.26. The maximum atomic E-state index is 12.1. The standard InChI is InChI=1S/C25H25N2O/c1-3-6-18-13-14-20-23(15-18)27(16-19-11-9-17(4-2)10-12-19)22-8-5-7-21(24(20)22)25(26)28/h5,7-13,15H,3-4,6,16H2,1-2H3,(H2,26,28). The van der Waals surface area contributed by atoms with Gasteiger partial charge in [0.05, 0.1) is 11.0 Å². The molecule has 0 saturated heterocycles. The van der Waals surface area contributed by atoms with Gasteiger partial charge in [-0.2, -0.15) is 0 Å². The molecule has 4 rings (SSSR count). The Bertz CT molecular complexity index is 1150. The van der Waals surface area contributed by atoms with Gasteiger partial charge in [0.25, 0.3) is 0 Å². The number of nitrogens with zero attached hydrogens (tertiary/aromatic N) is 1. The van der Waals surface area contributed by atoms with Crippen molar-refractivity contribution in [2.45, 2.75) is 39.7 Å². The van der Waals surface area contributed by atoms with E-state index in [9.17, 15) is 4.79 Å². The van der Waals surface area contributed by atoms with Gasteiger partial charge in [-0.05, 0) is 53.8 Å². The highest BCUT2D eigenvalue weighted by Gasteiger charge is 2.17. The van der Waals surface area contributed by atoms with E-state index in [2.05, 4.69) is 60.9 Å². The van der Waals surface area contributed by atoms with Gasteiger partial charge in [0.2, 0.25) is 5.91 Å². The van der Waals surface area contributed by atoms with Crippen LogP contribution in [0.2, 0.25) is 0 Å². The van der Waals surface area contributed by atoms with Crippen molar-refractivity contribution in [3.8, 4) is 0 Å². The summed E-state index contributed by atoms with van der Waals surface area (Å²) in [5.74, 6) is -0.400. The lowest BCUT2D eigenvalue weighted by Gasteiger charge is -2.09. The highest BCUT2D eigenvalue weighted by molar-refractivity contribution is 6.17. The van der Waals surface area contributed by atoms with Gasteiger partial charge in [0, 0.05) is 22.9 Å². The Labute approximate surface area is 165 Å². The summed E-state index contributed by atoms with van der Waals surface area (Å²) in [5.41, 5.74) is 12.2. The fraction of sp³-hybridized carbons (Fsp3) is 0.240. The van der Waals surface area contributed by atoms with Gasteiger partial charge in [-0.25, -0.2) is 0 Å². The maximum absolute atomic E-state index is 12.1. The lowest BCUT2D eigenvalue weighted by molar-refractivity contribution is 0.100. The number of hydrogen-bond donors (Lipinski definition) is 1. The zero-order valence-electron chi connectivity index (χ0n) is 16.5. The average molecular weight is 369 g/mol. The molecule has 0 atom stereocenters. The van der Waals surface area contributed by atoms with Gasteiger partial charge in [-0.3, -0.25) is 4.79 Å². The molecule has 0 aliphatic rings. The van der Waals surface area contributed by atoms with Crippen molar-refractivity contribution in [2.24, 2.45) is 5.73 Å². The van der Waals surface area contributed by atoms with E-state index in [-0.39, 0.29) is 0 Å². The van der Waals surface area contributed by atoms with Crippen LogP contribution in [0.3, 0.4) is 0 Å². The van der Waals surface area contributed by atoms with Crippen LogP contribution < -0.4 is 5.73 Å². The second-order valence-corrected chi connectivity index (χ2v) is 7.34. The molecule has 1 radical (unpaired) electrons. The van der Waals surface area contributed by atoms with E-state index in [1.54, 1.807) is 6.07 Å². The van der Waals surface area contributed by atoms with Crippen molar-refractivity contribution in [1.82, 2.24) is 4.57 Å². The summed E-state index contributed by atoms with van der Waals surface area (Å²) < 4.78 is 2.29. The minimum absolute atomic E-state index is 0.400. The molecule has 1 aromatic heterocycles. The van der Waals surface area contributed by atoms with Crippen molar-refractivity contribution < 1.29 is 4.79 Å². The van der Waals surface area contributed by atoms with Crippen LogP contribution in [0.5, 0.6) is 0 Å². The highest BCUT2D eigenvalue weighted by atomic mass is 16.1. The van der Waals surface area contributed by atoms with Crippen LogP contribution in [0.15, 0.2) is 54.6 Å². The Kier molecular flexibility index (Phi) is 4.91. The number of rotatable bonds is 6. The summed E-state index contributed by atoms with van der Waals surface area (Å²) in [7, 11) is 0. The largest absolute Gasteiger partial charge is 0.366 e. The summed E-state index contributed by atoms with van der Waals surface area (Å²) in [6.45, 7) is 5.09.